The molecule has 0 rings (SSSR count). The minimum Gasteiger partial charge on any atom is -0.0625 e. The second-order valence-corrected chi connectivity index (χ2v) is 5.87. The quantitative estimate of drug-likeness (QED) is 0.599. The van der Waals surface area contributed by atoms with Crippen molar-refractivity contribution in [2.45, 2.75) is 55.4 Å². The van der Waals surface area contributed by atoms with Crippen molar-refractivity contribution in [1.29, 1.82) is 0 Å². The van der Waals surface area contributed by atoms with Gasteiger partial charge in [-0.1, -0.05) is 55.4 Å². The van der Waals surface area contributed by atoms with E-state index in [0.29, 0.717) is 5.41 Å². The second-order valence-electron chi connectivity index (χ2n) is 5.87. The maximum Gasteiger partial charge on any atom is -0.0303 e. The molecule has 0 saturated heterocycles. The highest BCUT2D eigenvalue weighted by molar-refractivity contribution is 4.82. The summed E-state index contributed by atoms with van der Waals surface area (Å²) in [4.78, 5) is 0. The molecule has 0 heteroatoms. The van der Waals surface area contributed by atoms with Crippen molar-refractivity contribution in [3.05, 3.63) is 0 Å². The first-order valence-corrected chi connectivity index (χ1v) is 5.71. The van der Waals surface area contributed by atoms with Crippen LogP contribution in [0.3, 0.4) is 0 Å². The lowest BCUT2D eigenvalue weighted by atomic mass is 9.65. The first-order valence-electron chi connectivity index (χ1n) is 5.71. The Kier molecular flexibility index (Phi) is 4.48. The molecule has 0 amide bonds. The van der Waals surface area contributed by atoms with E-state index in [1.165, 1.54) is 0 Å². The molecule has 0 fully saturated rings. The fourth-order valence-electron chi connectivity index (χ4n) is 1.78. The molecule has 0 aromatic carbocycles. The molecular weight excluding hydrogens is 156 g/mol. The van der Waals surface area contributed by atoms with Crippen molar-refractivity contribution >= 4 is 0 Å². The SMILES string of the molecule is CC(C)C(C)C(C)C(C)(C)C(C)C. The molecule has 0 radical (unpaired) electrons. The van der Waals surface area contributed by atoms with Crippen LogP contribution in [-0.2, 0) is 0 Å². The van der Waals surface area contributed by atoms with Crippen LogP contribution in [0, 0.1) is 29.1 Å². The van der Waals surface area contributed by atoms with Crippen LogP contribution in [0.5, 0.6) is 0 Å². The van der Waals surface area contributed by atoms with Crippen LogP contribution in [0.15, 0.2) is 0 Å². The Labute approximate surface area is 85.1 Å². The number of hydrogen-bond donors (Lipinski definition) is 0. The lowest BCUT2D eigenvalue weighted by molar-refractivity contribution is 0.0849. The lowest BCUT2D eigenvalue weighted by Crippen LogP contribution is -2.33. The Morgan fingerprint density at radius 2 is 1.15 bits per heavy atom. The van der Waals surface area contributed by atoms with Crippen molar-refractivity contribution < 1.29 is 0 Å². The Hall–Kier alpha value is 0. The zero-order chi connectivity index (χ0) is 10.8. The van der Waals surface area contributed by atoms with Gasteiger partial charge in [0.25, 0.3) is 0 Å². The van der Waals surface area contributed by atoms with E-state index in [2.05, 4.69) is 55.4 Å². The van der Waals surface area contributed by atoms with E-state index in [1.807, 2.05) is 0 Å². The minimum atomic E-state index is 0.462. The lowest BCUT2D eigenvalue weighted by Gasteiger charge is -2.40. The van der Waals surface area contributed by atoms with E-state index >= 15 is 0 Å². The van der Waals surface area contributed by atoms with E-state index in [0.717, 1.165) is 23.7 Å². The second kappa shape index (κ2) is 4.48. The largest absolute Gasteiger partial charge is 0.0625 e. The predicted octanol–water partition coefficient (Wildman–Crippen LogP) is 4.60. The summed E-state index contributed by atoms with van der Waals surface area (Å²) in [5.74, 6) is 3.18. The maximum atomic E-state index is 2.41. The van der Waals surface area contributed by atoms with Gasteiger partial charge in [-0.2, -0.15) is 0 Å². The molecule has 13 heavy (non-hydrogen) atoms. The summed E-state index contributed by atoms with van der Waals surface area (Å²) in [6.07, 6.45) is 0. The molecule has 0 nitrogen and oxygen atoms in total. The Balaban J connectivity index is 4.48. The van der Waals surface area contributed by atoms with Gasteiger partial charge in [0, 0.05) is 0 Å². The predicted molar refractivity (Wildman–Crippen MR) is 61.8 cm³/mol. The smallest absolute Gasteiger partial charge is 0.0303 e. The molecular formula is C13H28. The Morgan fingerprint density at radius 1 is 0.769 bits per heavy atom. The van der Waals surface area contributed by atoms with E-state index in [-0.39, 0.29) is 0 Å². The summed E-state index contributed by atoms with van der Waals surface area (Å²) >= 11 is 0. The zero-order valence-corrected chi connectivity index (χ0v) is 10.8. The van der Waals surface area contributed by atoms with E-state index in [9.17, 15) is 0 Å². The molecule has 0 N–H and O–H groups in total. The molecule has 0 aromatic heterocycles. The van der Waals surface area contributed by atoms with Gasteiger partial charge in [0.1, 0.15) is 0 Å². The van der Waals surface area contributed by atoms with Gasteiger partial charge in [-0.3, -0.25) is 0 Å². The van der Waals surface area contributed by atoms with E-state index < -0.39 is 0 Å². The first kappa shape index (κ1) is 13.0. The maximum absolute atomic E-state index is 2.41. The fraction of sp³-hybridized carbons (Fsp3) is 1.00. The van der Waals surface area contributed by atoms with Crippen molar-refractivity contribution in [3.63, 3.8) is 0 Å². The summed E-state index contributed by atoms with van der Waals surface area (Å²) in [6.45, 7) is 18.9. The molecule has 0 heterocycles. The van der Waals surface area contributed by atoms with Crippen molar-refractivity contribution in [1.82, 2.24) is 0 Å². The molecule has 80 valence electrons. The summed E-state index contributed by atoms with van der Waals surface area (Å²) in [6, 6.07) is 0. The number of hydrogen-bond acceptors (Lipinski definition) is 0. The molecule has 0 bridgehead atoms. The van der Waals surface area contributed by atoms with Crippen LogP contribution < -0.4 is 0 Å². The van der Waals surface area contributed by atoms with Crippen LogP contribution >= 0.6 is 0 Å². The third-order valence-electron chi connectivity index (χ3n) is 4.50. The average Bonchev–Trinajstić information content (AvgIpc) is 2.01. The van der Waals surface area contributed by atoms with Gasteiger partial charge in [-0.25, -0.2) is 0 Å². The highest BCUT2D eigenvalue weighted by atomic mass is 14.4. The summed E-state index contributed by atoms with van der Waals surface area (Å²) in [7, 11) is 0. The summed E-state index contributed by atoms with van der Waals surface area (Å²) < 4.78 is 0. The summed E-state index contributed by atoms with van der Waals surface area (Å²) in [5, 5.41) is 0. The van der Waals surface area contributed by atoms with Crippen LogP contribution in [-0.4, -0.2) is 0 Å². The first-order chi connectivity index (χ1) is 5.71. The van der Waals surface area contributed by atoms with Crippen LogP contribution in [0.2, 0.25) is 0 Å². The normalized spacial score (nSPS) is 18.0. The van der Waals surface area contributed by atoms with Gasteiger partial charge >= 0.3 is 0 Å². The molecule has 0 aliphatic rings. The Bertz CT molecular complexity index is 142. The van der Waals surface area contributed by atoms with Gasteiger partial charge in [0.15, 0.2) is 0 Å². The van der Waals surface area contributed by atoms with Crippen molar-refractivity contribution in [2.75, 3.05) is 0 Å². The Morgan fingerprint density at radius 3 is 1.38 bits per heavy atom. The standard InChI is InChI=1S/C13H28/c1-9(2)11(5)12(6)13(7,8)10(3)4/h9-12H,1-8H3. The molecule has 2 unspecified atom stereocenters. The monoisotopic (exact) mass is 184 g/mol. The molecule has 0 aromatic rings. The van der Waals surface area contributed by atoms with Gasteiger partial charge in [-0.05, 0) is 29.1 Å². The zero-order valence-electron chi connectivity index (χ0n) is 10.8. The average molecular weight is 184 g/mol. The molecule has 0 aliphatic carbocycles. The van der Waals surface area contributed by atoms with Crippen LogP contribution in [0.4, 0.5) is 0 Å². The molecule has 0 saturated carbocycles. The summed E-state index contributed by atoms with van der Waals surface area (Å²) in [5.41, 5.74) is 0.462. The van der Waals surface area contributed by atoms with E-state index in [1.54, 1.807) is 0 Å². The minimum absolute atomic E-state index is 0.462. The van der Waals surface area contributed by atoms with Crippen LogP contribution in [0.1, 0.15) is 55.4 Å². The van der Waals surface area contributed by atoms with Crippen molar-refractivity contribution in [3.8, 4) is 0 Å². The molecule has 2 atom stereocenters. The number of rotatable bonds is 4. The third-order valence-corrected chi connectivity index (χ3v) is 4.50. The molecule has 0 aliphatic heterocycles. The topological polar surface area (TPSA) is 0 Å². The van der Waals surface area contributed by atoms with Gasteiger partial charge < -0.3 is 0 Å². The third kappa shape index (κ3) is 3.00. The van der Waals surface area contributed by atoms with Crippen molar-refractivity contribution in [2.24, 2.45) is 29.1 Å². The van der Waals surface area contributed by atoms with Gasteiger partial charge in [0.05, 0.1) is 0 Å². The van der Waals surface area contributed by atoms with E-state index in [4.69, 9.17) is 0 Å². The molecule has 0 spiro atoms. The fourth-order valence-corrected chi connectivity index (χ4v) is 1.78. The highest BCUT2D eigenvalue weighted by Gasteiger charge is 2.33. The van der Waals surface area contributed by atoms with Gasteiger partial charge in [0.2, 0.25) is 0 Å². The highest BCUT2D eigenvalue weighted by Crippen LogP contribution is 2.40. The van der Waals surface area contributed by atoms with Crippen LogP contribution in [0.25, 0.3) is 0 Å². The van der Waals surface area contributed by atoms with Gasteiger partial charge in [-0.15, -0.1) is 0 Å².